The minimum atomic E-state index is 0.0349. The molecule has 256 valence electrons. The Balaban J connectivity index is 0.000000149. The highest BCUT2D eigenvalue weighted by Crippen LogP contribution is 2.58. The SMILES string of the molecule is C1CC2C3CCC(C3)C2C1.COc1c(C)cc(C)cc1C.COc1ccc(C(=O)c2ccc(C)cc2)cc1.Cc1cc(C)c(C)c(C)c1. The third kappa shape index (κ3) is 9.40. The summed E-state index contributed by atoms with van der Waals surface area (Å²) in [5.41, 5.74) is 11.8. The van der Waals surface area contributed by atoms with Gasteiger partial charge in [0.25, 0.3) is 0 Å². The van der Waals surface area contributed by atoms with Gasteiger partial charge in [-0.3, -0.25) is 4.79 Å². The number of carbonyl (C=O) groups excluding carboxylic acids is 1. The van der Waals surface area contributed by atoms with E-state index in [1.54, 1.807) is 77.0 Å². The fraction of sp³-hybridized carbons (Fsp3) is 0.444. The number of benzene rings is 4. The molecule has 4 atom stereocenters. The van der Waals surface area contributed by atoms with Crippen molar-refractivity contribution >= 4 is 5.78 Å². The van der Waals surface area contributed by atoms with Gasteiger partial charge in [0, 0.05) is 11.1 Å². The molecule has 3 fully saturated rings. The first kappa shape index (κ1) is 37.0. The smallest absolute Gasteiger partial charge is 0.193 e. The second-order valence-electron chi connectivity index (χ2n) is 14.5. The first-order valence-corrected chi connectivity index (χ1v) is 17.8. The van der Waals surface area contributed by atoms with E-state index in [-0.39, 0.29) is 5.78 Å². The Hall–Kier alpha value is -3.85. The molecule has 0 radical (unpaired) electrons. The Morgan fingerprint density at radius 3 is 1.42 bits per heavy atom. The molecule has 3 aliphatic rings. The number of ketones is 1. The highest BCUT2D eigenvalue weighted by Gasteiger charge is 2.48. The minimum Gasteiger partial charge on any atom is -0.497 e. The first-order valence-electron chi connectivity index (χ1n) is 17.8. The van der Waals surface area contributed by atoms with Crippen molar-refractivity contribution in [1.82, 2.24) is 0 Å². The van der Waals surface area contributed by atoms with Gasteiger partial charge in [0.05, 0.1) is 14.2 Å². The van der Waals surface area contributed by atoms with Crippen LogP contribution in [0, 0.1) is 79.1 Å². The van der Waals surface area contributed by atoms with Gasteiger partial charge < -0.3 is 9.47 Å². The molecule has 0 heterocycles. The van der Waals surface area contributed by atoms with Gasteiger partial charge in [0.2, 0.25) is 0 Å². The number of methoxy groups -OCH3 is 2. The van der Waals surface area contributed by atoms with Crippen LogP contribution in [-0.2, 0) is 0 Å². The standard InChI is InChI=1S/C15H14O2.C10H14O.C10H16.C10H14/c1-11-3-5-12(6-4-11)15(16)13-7-9-14(17-2)10-8-13;1-7-5-8(2)10(11-4)9(3)6-7;1-2-9-7-4-5-8(6-7)10(9)3-1;1-7-5-8(2)10(4)9(3)6-7/h3-10H,1-2H3;5-6H,1-4H3;7-10H,1-6H2;5-6H,1-4H3. The maximum Gasteiger partial charge on any atom is 0.193 e. The quantitative estimate of drug-likeness (QED) is 0.207. The minimum absolute atomic E-state index is 0.0349. The molecule has 4 unspecified atom stereocenters. The molecule has 4 aromatic rings. The average molecular weight is 647 g/mol. The van der Waals surface area contributed by atoms with Crippen molar-refractivity contribution in [2.75, 3.05) is 14.2 Å². The molecule has 0 aliphatic heterocycles. The lowest BCUT2D eigenvalue weighted by molar-refractivity contribution is 0.103. The van der Waals surface area contributed by atoms with Crippen molar-refractivity contribution in [3.8, 4) is 11.5 Å². The zero-order valence-corrected chi connectivity index (χ0v) is 31.2. The van der Waals surface area contributed by atoms with E-state index in [9.17, 15) is 4.79 Å². The zero-order valence-electron chi connectivity index (χ0n) is 31.2. The molecule has 0 N–H and O–H groups in total. The number of hydrogen-bond acceptors (Lipinski definition) is 3. The lowest BCUT2D eigenvalue weighted by Gasteiger charge is -2.23. The van der Waals surface area contributed by atoms with Crippen LogP contribution in [0.25, 0.3) is 0 Å². The molecule has 48 heavy (non-hydrogen) atoms. The van der Waals surface area contributed by atoms with Crippen LogP contribution in [0.2, 0.25) is 0 Å². The van der Waals surface area contributed by atoms with Gasteiger partial charge in [-0.25, -0.2) is 0 Å². The molecule has 0 amide bonds. The van der Waals surface area contributed by atoms with E-state index >= 15 is 0 Å². The second kappa shape index (κ2) is 17.0. The number of hydrogen-bond donors (Lipinski definition) is 0. The number of carbonyl (C=O) groups is 1. The van der Waals surface area contributed by atoms with Gasteiger partial charge in [-0.1, -0.05) is 71.6 Å². The summed E-state index contributed by atoms with van der Waals surface area (Å²) < 4.78 is 10.3. The van der Waals surface area contributed by atoms with Crippen LogP contribution in [0.1, 0.15) is 99.0 Å². The normalized spacial score (nSPS) is 19.9. The summed E-state index contributed by atoms with van der Waals surface area (Å²) in [7, 11) is 3.32. The summed E-state index contributed by atoms with van der Waals surface area (Å²) in [6.45, 7) is 16.9. The monoisotopic (exact) mass is 646 g/mol. The largest absolute Gasteiger partial charge is 0.497 e. The molecular weight excluding hydrogens is 588 g/mol. The molecule has 3 aliphatic carbocycles. The summed E-state index contributed by atoms with van der Waals surface area (Å²) in [5.74, 6) is 6.60. The number of rotatable bonds is 4. The molecule has 3 heteroatoms. The molecule has 7 rings (SSSR count). The molecule has 0 spiro atoms. The summed E-state index contributed by atoms with van der Waals surface area (Å²) in [4.78, 5) is 12.1. The molecule has 0 saturated heterocycles. The van der Waals surface area contributed by atoms with Gasteiger partial charge in [-0.2, -0.15) is 0 Å². The number of aryl methyl sites for hydroxylation is 7. The summed E-state index contributed by atoms with van der Waals surface area (Å²) in [6, 6.07) is 23.4. The van der Waals surface area contributed by atoms with Crippen molar-refractivity contribution in [2.45, 2.75) is 93.9 Å². The predicted octanol–water partition coefficient (Wildman–Crippen LogP) is 11.6. The van der Waals surface area contributed by atoms with E-state index in [4.69, 9.17) is 9.47 Å². The zero-order chi connectivity index (χ0) is 35.0. The van der Waals surface area contributed by atoms with E-state index in [2.05, 4.69) is 72.7 Å². The third-order valence-corrected chi connectivity index (χ3v) is 10.9. The Morgan fingerprint density at radius 1 is 0.542 bits per heavy atom. The van der Waals surface area contributed by atoms with E-state index in [1.807, 2.05) is 31.2 Å². The molecular formula is C45H58O3. The maximum atomic E-state index is 12.1. The van der Waals surface area contributed by atoms with Crippen LogP contribution in [0.5, 0.6) is 11.5 Å². The van der Waals surface area contributed by atoms with E-state index in [0.717, 1.165) is 17.1 Å². The molecule has 3 nitrogen and oxygen atoms in total. The van der Waals surface area contributed by atoms with Crippen molar-refractivity contribution in [1.29, 1.82) is 0 Å². The van der Waals surface area contributed by atoms with E-state index < -0.39 is 0 Å². The van der Waals surface area contributed by atoms with Gasteiger partial charge in [0.1, 0.15) is 11.5 Å². The number of ether oxygens (including phenoxy) is 2. The fourth-order valence-electron chi connectivity index (χ4n) is 8.37. The lowest BCUT2D eigenvalue weighted by atomic mass is 9.82. The Morgan fingerprint density at radius 2 is 0.979 bits per heavy atom. The van der Waals surface area contributed by atoms with Crippen LogP contribution in [0.4, 0.5) is 0 Å². The topological polar surface area (TPSA) is 35.5 Å². The molecule has 3 saturated carbocycles. The van der Waals surface area contributed by atoms with Crippen LogP contribution < -0.4 is 9.47 Å². The van der Waals surface area contributed by atoms with Crippen molar-refractivity contribution in [2.24, 2.45) is 23.7 Å². The lowest BCUT2D eigenvalue weighted by Crippen LogP contribution is -2.15. The number of fused-ring (bicyclic) bond motifs is 5. The second-order valence-corrected chi connectivity index (χ2v) is 14.5. The average Bonchev–Trinajstić information content (AvgIpc) is 3.81. The van der Waals surface area contributed by atoms with E-state index in [1.165, 1.54) is 62.6 Å². The molecule has 2 bridgehead atoms. The fourth-order valence-corrected chi connectivity index (χ4v) is 8.37. The summed E-state index contributed by atoms with van der Waals surface area (Å²) in [5, 5.41) is 0. The summed E-state index contributed by atoms with van der Waals surface area (Å²) in [6.07, 6.45) is 9.53. The highest BCUT2D eigenvalue weighted by molar-refractivity contribution is 6.09. The van der Waals surface area contributed by atoms with Crippen LogP contribution in [0.15, 0.2) is 72.8 Å². The van der Waals surface area contributed by atoms with Crippen LogP contribution in [-0.4, -0.2) is 20.0 Å². The Bertz CT molecular complexity index is 1590. The van der Waals surface area contributed by atoms with Gasteiger partial charge in [-0.05, 0) is 163 Å². The highest BCUT2D eigenvalue weighted by atomic mass is 16.5. The maximum absolute atomic E-state index is 12.1. The molecule has 4 aromatic carbocycles. The van der Waals surface area contributed by atoms with Gasteiger partial charge in [0.15, 0.2) is 5.78 Å². The Labute approximate surface area is 291 Å². The molecule has 0 aromatic heterocycles. The third-order valence-electron chi connectivity index (χ3n) is 10.9. The Kier molecular flexibility index (Phi) is 13.1. The van der Waals surface area contributed by atoms with Gasteiger partial charge in [-0.15, -0.1) is 0 Å². The van der Waals surface area contributed by atoms with Crippen LogP contribution in [0.3, 0.4) is 0 Å². The van der Waals surface area contributed by atoms with Gasteiger partial charge >= 0.3 is 0 Å². The van der Waals surface area contributed by atoms with Crippen molar-refractivity contribution < 1.29 is 14.3 Å². The summed E-state index contributed by atoms with van der Waals surface area (Å²) >= 11 is 0. The first-order chi connectivity index (χ1) is 22.9. The van der Waals surface area contributed by atoms with E-state index in [0.29, 0.717) is 11.1 Å². The van der Waals surface area contributed by atoms with Crippen molar-refractivity contribution in [3.63, 3.8) is 0 Å². The predicted molar refractivity (Wildman–Crippen MR) is 202 cm³/mol. The van der Waals surface area contributed by atoms with Crippen molar-refractivity contribution in [3.05, 3.63) is 128 Å². The van der Waals surface area contributed by atoms with Crippen LogP contribution >= 0.6 is 0 Å².